The topological polar surface area (TPSA) is 105 Å². The number of pyridine rings is 1. The first-order valence-electron chi connectivity index (χ1n) is 6.01. The van der Waals surface area contributed by atoms with Gasteiger partial charge in [-0.1, -0.05) is 6.92 Å². The Balaban J connectivity index is 3.34. The Morgan fingerprint density at radius 3 is 2.47 bits per heavy atom. The van der Waals surface area contributed by atoms with Crippen molar-refractivity contribution in [2.24, 2.45) is 5.73 Å². The highest BCUT2D eigenvalue weighted by molar-refractivity contribution is 6.00. The van der Waals surface area contributed by atoms with Gasteiger partial charge in [0, 0.05) is 5.69 Å². The Labute approximate surface area is 112 Å². The number of carboxylic acid groups (broad SMARTS) is 1. The van der Waals surface area contributed by atoms with Crippen molar-refractivity contribution in [2.45, 2.75) is 39.7 Å². The van der Waals surface area contributed by atoms with E-state index in [1.807, 2.05) is 0 Å². The summed E-state index contributed by atoms with van der Waals surface area (Å²) in [5.74, 6) is -1.62. The summed E-state index contributed by atoms with van der Waals surface area (Å²) < 4.78 is 0. The minimum Gasteiger partial charge on any atom is -0.480 e. The third-order valence-electron chi connectivity index (χ3n) is 3.16. The van der Waals surface area contributed by atoms with Gasteiger partial charge in [0.25, 0.3) is 5.91 Å². The maximum absolute atomic E-state index is 11.5. The van der Waals surface area contributed by atoms with Gasteiger partial charge in [-0.2, -0.15) is 0 Å². The number of aliphatic carboxylic acids is 1. The number of aryl methyl sites for hydroxylation is 2. The number of carbonyl (C=O) groups excluding carboxylic acids is 1. The second kappa shape index (κ2) is 5.26. The van der Waals surface area contributed by atoms with Gasteiger partial charge in [0.1, 0.15) is 5.54 Å². The van der Waals surface area contributed by atoms with Crippen molar-refractivity contribution in [3.05, 3.63) is 23.0 Å². The van der Waals surface area contributed by atoms with Crippen molar-refractivity contribution in [1.82, 2.24) is 4.98 Å². The molecule has 0 radical (unpaired) electrons. The molecule has 1 aromatic rings. The minimum atomic E-state index is -1.16. The lowest BCUT2D eigenvalue weighted by Gasteiger charge is -2.27. The molecule has 1 atom stereocenters. The average Bonchev–Trinajstić information content (AvgIpc) is 2.26. The molecule has 6 heteroatoms. The van der Waals surface area contributed by atoms with Crippen molar-refractivity contribution in [3.8, 4) is 0 Å². The molecule has 1 unspecified atom stereocenters. The number of hydrogen-bond donors (Lipinski definition) is 3. The molecule has 104 valence electrons. The highest BCUT2D eigenvalue weighted by Crippen LogP contribution is 2.25. The monoisotopic (exact) mass is 265 g/mol. The van der Waals surface area contributed by atoms with Gasteiger partial charge < -0.3 is 16.2 Å². The molecule has 6 nitrogen and oxygen atoms in total. The third-order valence-corrected chi connectivity index (χ3v) is 3.16. The van der Waals surface area contributed by atoms with Crippen molar-refractivity contribution in [1.29, 1.82) is 0 Å². The van der Waals surface area contributed by atoms with Gasteiger partial charge in [-0.05, 0) is 33.3 Å². The lowest BCUT2D eigenvalue weighted by Crippen LogP contribution is -2.43. The first-order chi connectivity index (χ1) is 8.71. The lowest BCUT2D eigenvalue weighted by molar-refractivity contribution is -0.141. The number of carbonyl (C=O) groups is 2. The summed E-state index contributed by atoms with van der Waals surface area (Å²) in [5, 5.41) is 12.2. The van der Waals surface area contributed by atoms with E-state index < -0.39 is 17.4 Å². The number of aromatic nitrogens is 1. The molecule has 1 rings (SSSR count). The fourth-order valence-electron chi connectivity index (χ4n) is 1.83. The molecule has 4 N–H and O–H groups in total. The second-order valence-electron chi connectivity index (χ2n) is 4.75. The van der Waals surface area contributed by atoms with Crippen LogP contribution in [0.5, 0.6) is 0 Å². The summed E-state index contributed by atoms with van der Waals surface area (Å²) in [5.41, 5.74) is 5.98. The molecule has 0 aliphatic heterocycles. The van der Waals surface area contributed by atoms with E-state index in [0.717, 1.165) is 0 Å². The van der Waals surface area contributed by atoms with Crippen LogP contribution in [0.25, 0.3) is 0 Å². The molecule has 0 aromatic carbocycles. The molecule has 0 saturated heterocycles. The number of nitrogens with two attached hydrogens (primary N) is 1. The van der Waals surface area contributed by atoms with Gasteiger partial charge in [0.05, 0.1) is 16.9 Å². The average molecular weight is 265 g/mol. The highest BCUT2D eigenvalue weighted by atomic mass is 16.4. The summed E-state index contributed by atoms with van der Waals surface area (Å²) >= 11 is 0. The van der Waals surface area contributed by atoms with E-state index in [9.17, 15) is 14.7 Å². The van der Waals surface area contributed by atoms with Crippen LogP contribution >= 0.6 is 0 Å². The Kier molecular flexibility index (Phi) is 4.14. The number of nitrogens with zero attached hydrogens (tertiary/aromatic N) is 1. The van der Waals surface area contributed by atoms with Crippen molar-refractivity contribution < 1.29 is 14.7 Å². The fourth-order valence-corrected chi connectivity index (χ4v) is 1.83. The Hall–Kier alpha value is -2.11. The zero-order valence-corrected chi connectivity index (χ0v) is 11.6. The van der Waals surface area contributed by atoms with Crippen molar-refractivity contribution in [2.75, 3.05) is 5.32 Å². The largest absolute Gasteiger partial charge is 0.480 e. The van der Waals surface area contributed by atoms with Gasteiger partial charge in [0.15, 0.2) is 0 Å². The van der Waals surface area contributed by atoms with Crippen LogP contribution in [0, 0.1) is 13.8 Å². The van der Waals surface area contributed by atoms with Gasteiger partial charge in [0.2, 0.25) is 0 Å². The molecule has 1 aromatic heterocycles. The maximum atomic E-state index is 11.5. The zero-order chi connectivity index (χ0) is 14.8. The molecule has 0 saturated carbocycles. The Bertz CT molecular complexity index is 528. The third kappa shape index (κ3) is 3.01. The number of hydrogen-bond acceptors (Lipinski definition) is 4. The van der Waals surface area contributed by atoms with E-state index in [-0.39, 0.29) is 5.56 Å². The van der Waals surface area contributed by atoms with E-state index in [4.69, 9.17) is 5.73 Å². The number of anilines is 1. The Morgan fingerprint density at radius 1 is 1.47 bits per heavy atom. The first kappa shape index (κ1) is 14.9. The quantitative estimate of drug-likeness (QED) is 0.747. The molecule has 19 heavy (non-hydrogen) atoms. The number of rotatable bonds is 5. The molecule has 1 amide bonds. The highest BCUT2D eigenvalue weighted by Gasteiger charge is 2.32. The molecule has 1 heterocycles. The van der Waals surface area contributed by atoms with Crippen LogP contribution in [0.4, 0.5) is 5.69 Å². The second-order valence-corrected chi connectivity index (χ2v) is 4.75. The van der Waals surface area contributed by atoms with Gasteiger partial charge >= 0.3 is 5.97 Å². The lowest BCUT2D eigenvalue weighted by atomic mass is 9.97. The summed E-state index contributed by atoms with van der Waals surface area (Å²) in [4.78, 5) is 27.0. The molecule has 0 bridgehead atoms. The molecule has 0 spiro atoms. The summed E-state index contributed by atoms with van der Waals surface area (Å²) in [6.07, 6.45) is 0.362. The van der Waals surface area contributed by atoms with Crippen LogP contribution in [0.1, 0.15) is 42.0 Å². The molecular formula is C13H19N3O3. The van der Waals surface area contributed by atoms with Crippen molar-refractivity contribution >= 4 is 17.6 Å². The zero-order valence-electron chi connectivity index (χ0n) is 11.6. The van der Waals surface area contributed by atoms with Gasteiger partial charge in [-0.15, -0.1) is 0 Å². The first-order valence-corrected chi connectivity index (χ1v) is 6.01. The summed E-state index contributed by atoms with van der Waals surface area (Å²) in [7, 11) is 0. The molecular weight excluding hydrogens is 246 g/mol. The van der Waals surface area contributed by atoms with Gasteiger partial charge in [-0.3, -0.25) is 9.78 Å². The number of primary amides is 1. The van der Waals surface area contributed by atoms with Crippen LogP contribution < -0.4 is 11.1 Å². The molecule has 0 aliphatic carbocycles. The number of amides is 1. The molecule has 0 aliphatic rings. The predicted molar refractivity (Wildman–Crippen MR) is 72.2 cm³/mol. The van der Waals surface area contributed by atoms with Crippen LogP contribution in [0.2, 0.25) is 0 Å². The van der Waals surface area contributed by atoms with E-state index in [0.29, 0.717) is 23.5 Å². The van der Waals surface area contributed by atoms with Crippen LogP contribution in [-0.4, -0.2) is 27.5 Å². The maximum Gasteiger partial charge on any atom is 0.329 e. The summed E-state index contributed by atoms with van der Waals surface area (Å²) in [6.45, 7) is 6.76. The SMILES string of the molecule is CCC(C)(Nc1cc(C)nc(C)c1C(N)=O)C(=O)O. The number of nitrogens with one attached hydrogen (secondary N) is 1. The number of carboxylic acids is 1. The predicted octanol–water partition coefficient (Wildman–Crippen LogP) is 1.46. The van der Waals surface area contributed by atoms with E-state index >= 15 is 0 Å². The fraction of sp³-hybridized carbons (Fsp3) is 0.462. The van der Waals surface area contributed by atoms with E-state index in [2.05, 4.69) is 10.3 Å². The minimum absolute atomic E-state index is 0.228. The van der Waals surface area contributed by atoms with Crippen LogP contribution in [-0.2, 0) is 4.79 Å². The van der Waals surface area contributed by atoms with E-state index in [1.54, 1.807) is 33.8 Å². The van der Waals surface area contributed by atoms with Crippen molar-refractivity contribution in [3.63, 3.8) is 0 Å². The normalized spacial score (nSPS) is 13.7. The Morgan fingerprint density at radius 2 is 2.05 bits per heavy atom. The van der Waals surface area contributed by atoms with Crippen LogP contribution in [0.3, 0.4) is 0 Å². The van der Waals surface area contributed by atoms with E-state index in [1.165, 1.54) is 0 Å². The summed E-state index contributed by atoms with van der Waals surface area (Å²) in [6, 6.07) is 1.63. The standard InChI is InChI=1S/C13H19N3O3/c1-5-13(4,12(18)19)16-9-6-7(2)15-8(3)10(9)11(14)17/h6H,5H2,1-4H3,(H2,14,17)(H,15,16)(H,18,19). The van der Waals surface area contributed by atoms with Crippen LogP contribution in [0.15, 0.2) is 6.07 Å². The van der Waals surface area contributed by atoms with Gasteiger partial charge in [-0.25, -0.2) is 4.79 Å². The smallest absolute Gasteiger partial charge is 0.329 e. The molecule has 0 fully saturated rings.